The van der Waals surface area contributed by atoms with E-state index in [1.807, 2.05) is 13.0 Å². The summed E-state index contributed by atoms with van der Waals surface area (Å²) in [5.41, 5.74) is 1.60. The maximum atomic E-state index is 11.5. The van der Waals surface area contributed by atoms with E-state index in [0.717, 1.165) is 11.1 Å². The average Bonchev–Trinajstić information content (AvgIpc) is 2.24. The van der Waals surface area contributed by atoms with Crippen molar-refractivity contribution in [1.82, 2.24) is 14.5 Å². The van der Waals surface area contributed by atoms with Gasteiger partial charge in [0.05, 0.1) is 6.54 Å². The first kappa shape index (κ1) is 10.8. The maximum absolute atomic E-state index is 11.5. The molecule has 4 nitrogen and oxygen atoms in total. The highest BCUT2D eigenvalue weighted by molar-refractivity contribution is 6.29. The predicted octanol–water partition coefficient (Wildman–Crippen LogP) is 1.65. The summed E-state index contributed by atoms with van der Waals surface area (Å²) in [4.78, 5) is 19.1. The predicted molar refractivity (Wildman–Crippen MR) is 61.6 cm³/mol. The first-order chi connectivity index (χ1) is 7.65. The van der Waals surface area contributed by atoms with Gasteiger partial charge in [-0.2, -0.15) is 0 Å². The lowest BCUT2D eigenvalue weighted by atomic mass is 10.2. The van der Waals surface area contributed by atoms with Gasteiger partial charge in [-0.15, -0.1) is 0 Å². The van der Waals surface area contributed by atoms with E-state index in [0.29, 0.717) is 11.7 Å². The van der Waals surface area contributed by atoms with E-state index < -0.39 is 0 Å². The lowest BCUT2D eigenvalue weighted by molar-refractivity contribution is 0.720. The van der Waals surface area contributed by atoms with E-state index in [1.54, 1.807) is 29.2 Å². The Balaban J connectivity index is 2.34. The largest absolute Gasteiger partial charge is 0.347 e. The van der Waals surface area contributed by atoms with Crippen LogP contribution in [0.3, 0.4) is 0 Å². The van der Waals surface area contributed by atoms with Crippen molar-refractivity contribution >= 4 is 11.6 Å². The van der Waals surface area contributed by atoms with E-state index in [-0.39, 0.29) is 5.69 Å². The highest BCUT2D eigenvalue weighted by Crippen LogP contribution is 2.07. The van der Waals surface area contributed by atoms with Crippen molar-refractivity contribution in [3.8, 4) is 0 Å². The van der Waals surface area contributed by atoms with Crippen LogP contribution >= 0.6 is 11.6 Å². The van der Waals surface area contributed by atoms with Crippen molar-refractivity contribution in [2.24, 2.45) is 0 Å². The third kappa shape index (κ3) is 2.46. The summed E-state index contributed by atoms with van der Waals surface area (Å²) >= 11 is 5.77. The molecule has 0 bridgehead atoms. The number of rotatable bonds is 2. The smallest absolute Gasteiger partial charge is 0.294 e. The molecule has 5 heteroatoms. The van der Waals surface area contributed by atoms with Crippen LogP contribution in [0.1, 0.15) is 11.1 Å². The summed E-state index contributed by atoms with van der Waals surface area (Å²) in [7, 11) is 0. The van der Waals surface area contributed by atoms with Crippen LogP contribution in [0, 0.1) is 6.92 Å². The number of aryl methyl sites for hydroxylation is 1. The minimum atomic E-state index is -0.265. The van der Waals surface area contributed by atoms with Crippen molar-refractivity contribution in [2.75, 3.05) is 0 Å². The molecule has 2 aromatic rings. The fourth-order valence-electron chi connectivity index (χ4n) is 1.42. The van der Waals surface area contributed by atoms with Crippen LogP contribution in [0.4, 0.5) is 0 Å². The van der Waals surface area contributed by atoms with E-state index >= 15 is 0 Å². The quantitative estimate of drug-likeness (QED) is 0.744. The monoisotopic (exact) mass is 235 g/mol. The van der Waals surface area contributed by atoms with Crippen LogP contribution in [0.15, 0.2) is 35.5 Å². The first-order valence-electron chi connectivity index (χ1n) is 4.79. The molecule has 0 aliphatic rings. The number of nitrogens with zero attached hydrogens (tertiary/aromatic N) is 3. The fraction of sp³-hybridized carbons (Fsp3) is 0.182. The van der Waals surface area contributed by atoms with Crippen molar-refractivity contribution in [3.63, 3.8) is 0 Å². The Morgan fingerprint density at radius 3 is 3.00 bits per heavy atom. The molecule has 0 saturated carbocycles. The number of hydrogen-bond acceptors (Lipinski definition) is 3. The molecular weight excluding hydrogens is 226 g/mol. The van der Waals surface area contributed by atoms with Crippen molar-refractivity contribution in [3.05, 3.63) is 57.5 Å². The van der Waals surface area contributed by atoms with Crippen molar-refractivity contribution in [2.45, 2.75) is 13.5 Å². The van der Waals surface area contributed by atoms with Gasteiger partial charge in [-0.25, -0.2) is 14.8 Å². The summed E-state index contributed by atoms with van der Waals surface area (Å²) < 4.78 is 1.54. The van der Waals surface area contributed by atoms with Gasteiger partial charge in [-0.1, -0.05) is 11.6 Å². The second-order valence-electron chi connectivity index (χ2n) is 3.53. The Labute approximate surface area is 97.6 Å². The zero-order chi connectivity index (χ0) is 11.5. The minimum Gasteiger partial charge on any atom is -0.294 e. The summed E-state index contributed by atoms with van der Waals surface area (Å²) in [6, 6.07) is 3.55. The zero-order valence-electron chi connectivity index (χ0n) is 8.72. The molecule has 0 aliphatic heterocycles. The SMILES string of the molecule is Cc1cnc(=O)n(Cc2ccnc(Cl)c2)c1. The maximum Gasteiger partial charge on any atom is 0.347 e. The molecule has 0 saturated heterocycles. The third-order valence-corrected chi connectivity index (χ3v) is 2.33. The number of halogens is 1. The lowest BCUT2D eigenvalue weighted by Gasteiger charge is -2.05. The molecule has 2 aromatic heterocycles. The molecular formula is C11H10ClN3O. The summed E-state index contributed by atoms with van der Waals surface area (Å²) in [6.45, 7) is 2.35. The normalized spacial score (nSPS) is 10.4. The van der Waals surface area contributed by atoms with E-state index in [1.165, 1.54) is 0 Å². The van der Waals surface area contributed by atoms with Gasteiger partial charge in [0.25, 0.3) is 0 Å². The van der Waals surface area contributed by atoms with Gasteiger partial charge in [0, 0.05) is 18.6 Å². The van der Waals surface area contributed by atoms with Crippen LogP contribution < -0.4 is 5.69 Å². The molecule has 0 N–H and O–H groups in total. The first-order valence-corrected chi connectivity index (χ1v) is 5.16. The van der Waals surface area contributed by atoms with Crippen LogP contribution in [0.5, 0.6) is 0 Å². The topological polar surface area (TPSA) is 47.8 Å². The van der Waals surface area contributed by atoms with Gasteiger partial charge in [0.1, 0.15) is 5.15 Å². The molecule has 0 unspecified atom stereocenters. The van der Waals surface area contributed by atoms with E-state index in [9.17, 15) is 4.79 Å². The number of pyridine rings is 1. The average molecular weight is 236 g/mol. The Morgan fingerprint density at radius 1 is 1.44 bits per heavy atom. The molecule has 2 rings (SSSR count). The molecule has 0 radical (unpaired) electrons. The van der Waals surface area contributed by atoms with Crippen LogP contribution in [0.2, 0.25) is 5.15 Å². The van der Waals surface area contributed by atoms with Gasteiger partial charge >= 0.3 is 5.69 Å². The van der Waals surface area contributed by atoms with Gasteiger partial charge < -0.3 is 0 Å². The number of aromatic nitrogens is 3. The van der Waals surface area contributed by atoms with Gasteiger partial charge in [-0.05, 0) is 30.2 Å². The molecule has 2 heterocycles. The minimum absolute atomic E-state index is 0.265. The Kier molecular flexibility index (Phi) is 3.01. The molecule has 0 amide bonds. The molecule has 0 fully saturated rings. The fourth-order valence-corrected chi connectivity index (χ4v) is 1.61. The molecule has 0 aromatic carbocycles. The van der Waals surface area contributed by atoms with Crippen LogP contribution in [-0.4, -0.2) is 14.5 Å². The Morgan fingerprint density at radius 2 is 2.25 bits per heavy atom. The highest BCUT2D eigenvalue weighted by atomic mass is 35.5. The van der Waals surface area contributed by atoms with Crippen molar-refractivity contribution < 1.29 is 0 Å². The molecule has 0 spiro atoms. The number of hydrogen-bond donors (Lipinski definition) is 0. The molecule has 82 valence electrons. The van der Waals surface area contributed by atoms with Gasteiger partial charge in [-0.3, -0.25) is 4.57 Å². The summed E-state index contributed by atoms with van der Waals surface area (Å²) in [5, 5.41) is 0.422. The molecule has 0 aliphatic carbocycles. The molecule has 16 heavy (non-hydrogen) atoms. The van der Waals surface area contributed by atoms with Gasteiger partial charge in [0.15, 0.2) is 0 Å². The van der Waals surface area contributed by atoms with Crippen molar-refractivity contribution in [1.29, 1.82) is 0 Å². The Hall–Kier alpha value is -1.68. The zero-order valence-corrected chi connectivity index (χ0v) is 9.48. The summed E-state index contributed by atoms with van der Waals surface area (Å²) in [5.74, 6) is 0. The van der Waals surface area contributed by atoms with Gasteiger partial charge in [0.2, 0.25) is 0 Å². The lowest BCUT2D eigenvalue weighted by Crippen LogP contribution is -2.22. The third-order valence-electron chi connectivity index (χ3n) is 2.13. The van der Waals surface area contributed by atoms with E-state index in [2.05, 4.69) is 9.97 Å². The van der Waals surface area contributed by atoms with Crippen LogP contribution in [-0.2, 0) is 6.54 Å². The van der Waals surface area contributed by atoms with E-state index in [4.69, 9.17) is 11.6 Å². The second kappa shape index (κ2) is 4.45. The second-order valence-corrected chi connectivity index (χ2v) is 3.92. The summed E-state index contributed by atoms with van der Waals surface area (Å²) in [6.07, 6.45) is 4.94. The molecule has 0 atom stereocenters. The van der Waals surface area contributed by atoms with Crippen LogP contribution in [0.25, 0.3) is 0 Å². The highest BCUT2D eigenvalue weighted by Gasteiger charge is 2.00. The Bertz CT molecular complexity index is 565. The standard InChI is InChI=1S/C11H10ClN3O/c1-8-5-14-11(16)15(6-8)7-9-2-3-13-10(12)4-9/h2-6H,7H2,1H3.